The number of hydrogen-bond acceptors (Lipinski definition) is 3. The predicted molar refractivity (Wildman–Crippen MR) is 35.5 cm³/mol. The van der Waals surface area contributed by atoms with Crippen LogP contribution in [-0.4, -0.2) is 18.5 Å². The van der Waals surface area contributed by atoms with Crippen molar-refractivity contribution >= 4 is 12.6 Å². The molecule has 0 radical (unpaired) electrons. The summed E-state index contributed by atoms with van der Waals surface area (Å²) in [6, 6.07) is 0. The summed E-state index contributed by atoms with van der Waals surface area (Å²) in [5, 5.41) is 3.00. The molecule has 3 N–H and O–H groups in total. The van der Waals surface area contributed by atoms with E-state index in [-0.39, 0.29) is 6.17 Å². The lowest BCUT2D eigenvalue weighted by molar-refractivity contribution is 0.592. The van der Waals surface area contributed by atoms with Crippen LogP contribution in [0.25, 0.3) is 0 Å². The smallest absolute Gasteiger partial charge is 0.0517 e. The van der Waals surface area contributed by atoms with Crippen molar-refractivity contribution in [1.82, 2.24) is 5.32 Å². The predicted octanol–water partition coefficient (Wildman–Crippen LogP) is -0.189. The summed E-state index contributed by atoms with van der Waals surface area (Å²) < 4.78 is 0. The summed E-state index contributed by atoms with van der Waals surface area (Å²) in [4.78, 5) is 0. The molecule has 0 aromatic carbocycles. The van der Waals surface area contributed by atoms with Crippen molar-refractivity contribution in [2.24, 2.45) is 5.73 Å². The van der Waals surface area contributed by atoms with Crippen LogP contribution in [0.5, 0.6) is 0 Å². The van der Waals surface area contributed by atoms with Crippen LogP contribution < -0.4 is 11.1 Å². The van der Waals surface area contributed by atoms with E-state index < -0.39 is 0 Å². The third-order valence-corrected chi connectivity index (χ3v) is 0.802. The highest BCUT2D eigenvalue weighted by Gasteiger charge is 1.85. The molecule has 0 rings (SSSR count). The molecule has 7 heavy (non-hydrogen) atoms. The Balaban J connectivity index is 2.68. The van der Waals surface area contributed by atoms with Gasteiger partial charge in [-0.25, -0.2) is 0 Å². The fraction of sp³-hybridized carbons (Fsp3) is 1.00. The van der Waals surface area contributed by atoms with Gasteiger partial charge in [-0.05, 0) is 6.92 Å². The lowest BCUT2D eigenvalue weighted by Crippen LogP contribution is -2.35. The van der Waals surface area contributed by atoms with Crippen molar-refractivity contribution in [3.63, 3.8) is 0 Å². The number of nitrogens with one attached hydrogen (secondary N) is 1. The SMILES string of the molecule is CC(N)NCCS. The third kappa shape index (κ3) is 6.27. The van der Waals surface area contributed by atoms with Gasteiger partial charge in [0.15, 0.2) is 0 Å². The van der Waals surface area contributed by atoms with Crippen molar-refractivity contribution in [2.75, 3.05) is 12.3 Å². The molecule has 3 heteroatoms. The highest BCUT2D eigenvalue weighted by molar-refractivity contribution is 7.80. The Kier molecular flexibility index (Phi) is 4.60. The summed E-state index contributed by atoms with van der Waals surface area (Å²) in [6.45, 7) is 2.80. The monoisotopic (exact) mass is 120 g/mol. The van der Waals surface area contributed by atoms with Gasteiger partial charge in [-0.3, -0.25) is 0 Å². The molecule has 44 valence electrons. The van der Waals surface area contributed by atoms with E-state index in [1.807, 2.05) is 6.92 Å². The van der Waals surface area contributed by atoms with Gasteiger partial charge in [0.1, 0.15) is 0 Å². The average Bonchev–Trinajstić information content (AvgIpc) is 1.61. The molecule has 0 aliphatic heterocycles. The largest absolute Gasteiger partial charge is 0.316 e. The van der Waals surface area contributed by atoms with E-state index in [4.69, 9.17) is 5.73 Å². The Bertz CT molecular complexity index is 38.7. The highest BCUT2D eigenvalue weighted by Crippen LogP contribution is 1.69. The molecule has 0 bridgehead atoms. The minimum Gasteiger partial charge on any atom is -0.316 e. The summed E-state index contributed by atoms with van der Waals surface area (Å²) in [7, 11) is 0. The van der Waals surface area contributed by atoms with Gasteiger partial charge in [0.05, 0.1) is 6.17 Å². The summed E-state index contributed by atoms with van der Waals surface area (Å²) >= 11 is 3.98. The Morgan fingerprint density at radius 1 is 1.86 bits per heavy atom. The zero-order valence-corrected chi connectivity index (χ0v) is 5.41. The molecule has 2 nitrogen and oxygen atoms in total. The van der Waals surface area contributed by atoms with Crippen molar-refractivity contribution in [3.05, 3.63) is 0 Å². The van der Waals surface area contributed by atoms with Crippen molar-refractivity contribution in [2.45, 2.75) is 13.1 Å². The van der Waals surface area contributed by atoms with Crippen LogP contribution >= 0.6 is 12.6 Å². The van der Waals surface area contributed by atoms with E-state index in [1.54, 1.807) is 0 Å². The maximum absolute atomic E-state index is 5.33. The molecule has 0 spiro atoms. The molecule has 0 amide bonds. The van der Waals surface area contributed by atoms with Crippen LogP contribution in [0, 0.1) is 0 Å². The van der Waals surface area contributed by atoms with Gasteiger partial charge in [0.2, 0.25) is 0 Å². The van der Waals surface area contributed by atoms with E-state index in [0.717, 1.165) is 12.3 Å². The lowest BCUT2D eigenvalue weighted by Gasteiger charge is -2.03. The van der Waals surface area contributed by atoms with Gasteiger partial charge >= 0.3 is 0 Å². The fourth-order valence-electron chi connectivity index (χ4n) is 0.292. The van der Waals surface area contributed by atoms with Gasteiger partial charge in [-0.15, -0.1) is 0 Å². The lowest BCUT2D eigenvalue weighted by atomic mass is 10.6. The maximum Gasteiger partial charge on any atom is 0.0517 e. The van der Waals surface area contributed by atoms with Crippen LogP contribution in [0.15, 0.2) is 0 Å². The molecule has 0 fully saturated rings. The third-order valence-electron chi connectivity index (χ3n) is 0.578. The Hall–Kier alpha value is 0.270. The minimum absolute atomic E-state index is 0.104. The molecule has 0 saturated heterocycles. The van der Waals surface area contributed by atoms with Gasteiger partial charge in [0, 0.05) is 12.3 Å². The molecule has 0 aliphatic carbocycles. The summed E-state index contributed by atoms with van der Waals surface area (Å²) in [5.41, 5.74) is 5.33. The zero-order chi connectivity index (χ0) is 5.70. The van der Waals surface area contributed by atoms with E-state index in [1.165, 1.54) is 0 Å². The standard InChI is InChI=1S/C4H12N2S/c1-4(5)6-2-3-7/h4,6-7H,2-3,5H2,1H3. The van der Waals surface area contributed by atoms with Crippen LogP contribution in [0.3, 0.4) is 0 Å². The van der Waals surface area contributed by atoms with Crippen LogP contribution in [0.1, 0.15) is 6.92 Å². The number of nitrogens with two attached hydrogens (primary N) is 1. The van der Waals surface area contributed by atoms with E-state index in [9.17, 15) is 0 Å². The molecule has 1 atom stereocenters. The van der Waals surface area contributed by atoms with Crippen LogP contribution in [0.2, 0.25) is 0 Å². The molecule has 0 aromatic heterocycles. The fourth-order valence-corrected chi connectivity index (χ4v) is 0.421. The van der Waals surface area contributed by atoms with Crippen molar-refractivity contribution in [3.8, 4) is 0 Å². The second-order valence-corrected chi connectivity index (χ2v) is 1.91. The Morgan fingerprint density at radius 2 is 2.43 bits per heavy atom. The highest BCUT2D eigenvalue weighted by atomic mass is 32.1. The van der Waals surface area contributed by atoms with Crippen LogP contribution in [0.4, 0.5) is 0 Å². The van der Waals surface area contributed by atoms with E-state index in [0.29, 0.717) is 0 Å². The first-order chi connectivity index (χ1) is 3.27. The zero-order valence-electron chi connectivity index (χ0n) is 4.52. The topological polar surface area (TPSA) is 38.0 Å². The Labute approximate surface area is 49.9 Å². The van der Waals surface area contributed by atoms with Crippen LogP contribution in [-0.2, 0) is 0 Å². The van der Waals surface area contributed by atoms with Gasteiger partial charge in [-0.1, -0.05) is 0 Å². The Morgan fingerprint density at radius 3 is 2.57 bits per heavy atom. The van der Waals surface area contributed by atoms with E-state index >= 15 is 0 Å². The minimum atomic E-state index is 0.104. The first-order valence-electron chi connectivity index (χ1n) is 2.37. The van der Waals surface area contributed by atoms with Crippen molar-refractivity contribution in [1.29, 1.82) is 0 Å². The molecular formula is C4H12N2S. The first-order valence-corrected chi connectivity index (χ1v) is 3.00. The number of rotatable bonds is 3. The summed E-state index contributed by atoms with van der Waals surface area (Å²) in [6.07, 6.45) is 0.104. The number of hydrogen-bond donors (Lipinski definition) is 3. The normalized spacial score (nSPS) is 14.1. The quantitative estimate of drug-likeness (QED) is 0.357. The maximum atomic E-state index is 5.33. The average molecular weight is 120 g/mol. The first kappa shape index (κ1) is 7.27. The molecule has 0 aromatic rings. The molecule has 1 unspecified atom stereocenters. The number of thiol groups is 1. The second-order valence-electron chi connectivity index (χ2n) is 1.47. The van der Waals surface area contributed by atoms with Gasteiger partial charge in [0.25, 0.3) is 0 Å². The van der Waals surface area contributed by atoms with Gasteiger partial charge in [-0.2, -0.15) is 12.6 Å². The van der Waals surface area contributed by atoms with Gasteiger partial charge < -0.3 is 11.1 Å². The summed E-state index contributed by atoms with van der Waals surface area (Å²) in [5.74, 6) is 0.849. The van der Waals surface area contributed by atoms with E-state index in [2.05, 4.69) is 17.9 Å². The van der Waals surface area contributed by atoms with Crippen molar-refractivity contribution < 1.29 is 0 Å². The molecule has 0 saturated carbocycles. The molecule has 0 aliphatic rings. The molecule has 0 heterocycles. The molecular weight excluding hydrogens is 108 g/mol. The second kappa shape index (κ2) is 4.43.